The van der Waals surface area contributed by atoms with Gasteiger partial charge < -0.3 is 19.5 Å². The molecule has 8 nitrogen and oxygen atoms in total. The number of methoxy groups -OCH3 is 1. The second-order valence-corrected chi connectivity index (χ2v) is 8.53. The van der Waals surface area contributed by atoms with Crippen molar-refractivity contribution >= 4 is 17.6 Å². The van der Waals surface area contributed by atoms with Crippen LogP contribution in [0.3, 0.4) is 0 Å². The lowest BCUT2D eigenvalue weighted by Crippen LogP contribution is -2.43. The zero-order valence-electron chi connectivity index (χ0n) is 19.1. The van der Waals surface area contributed by atoms with Gasteiger partial charge in [-0.15, -0.1) is 5.10 Å². The summed E-state index contributed by atoms with van der Waals surface area (Å²) in [4.78, 5) is 10.5. The van der Waals surface area contributed by atoms with Crippen LogP contribution in [-0.4, -0.2) is 50.7 Å². The lowest BCUT2D eigenvalue weighted by Gasteiger charge is -2.34. The summed E-state index contributed by atoms with van der Waals surface area (Å²) in [5.74, 6) is 0.0357. The maximum absolute atomic E-state index is 13.3. The first-order valence-corrected chi connectivity index (χ1v) is 10.9. The summed E-state index contributed by atoms with van der Waals surface area (Å²) in [5, 5.41) is 7.68. The molecule has 1 fully saturated rings. The lowest BCUT2D eigenvalue weighted by molar-refractivity contribution is -0.176. The molecular formula is C22H28F3N7O. The summed E-state index contributed by atoms with van der Waals surface area (Å²) in [6, 6.07) is 5.52. The van der Waals surface area contributed by atoms with Crippen LogP contribution in [0.5, 0.6) is 5.75 Å². The second kappa shape index (κ2) is 8.95. The molecule has 3 aromatic rings. The van der Waals surface area contributed by atoms with Gasteiger partial charge in [0.2, 0.25) is 11.9 Å². The highest BCUT2D eigenvalue weighted by Crippen LogP contribution is 2.35. The van der Waals surface area contributed by atoms with E-state index in [9.17, 15) is 13.2 Å². The number of nitrogens with zero attached hydrogens (tertiary/aromatic N) is 6. The molecule has 1 aliphatic heterocycles. The van der Waals surface area contributed by atoms with E-state index in [4.69, 9.17) is 4.74 Å². The first-order chi connectivity index (χ1) is 15.7. The van der Waals surface area contributed by atoms with Crippen molar-refractivity contribution in [3.05, 3.63) is 36.4 Å². The van der Waals surface area contributed by atoms with E-state index in [-0.39, 0.29) is 19.0 Å². The normalized spacial score (nSPS) is 17.0. The summed E-state index contributed by atoms with van der Waals surface area (Å²) in [6.45, 7) is 6.17. The van der Waals surface area contributed by atoms with Crippen molar-refractivity contribution in [2.45, 2.75) is 45.8 Å². The van der Waals surface area contributed by atoms with Crippen molar-refractivity contribution in [1.29, 1.82) is 0 Å². The number of hydrogen-bond donors (Lipinski definition) is 1. The standard InChI is InChI=1S/C22H28F3N7O/c1-14(2)32-21(30-9-5-6-16(12-30)22(23,24)25)28-20(29-32)27-17-7-8-18(19(10-17)33-4)31-11-15(3)26-13-31/h7-8,10-11,13-14,16H,5-6,9,12H2,1-4H3,(H,27,29). The van der Waals surface area contributed by atoms with Crippen LogP contribution in [0.2, 0.25) is 0 Å². The van der Waals surface area contributed by atoms with Gasteiger partial charge in [0.05, 0.1) is 36.8 Å². The number of rotatable bonds is 6. The maximum Gasteiger partial charge on any atom is 0.393 e. The molecule has 0 bridgehead atoms. The molecule has 1 N–H and O–H groups in total. The largest absolute Gasteiger partial charge is 0.494 e. The van der Waals surface area contributed by atoms with Crippen LogP contribution in [0.15, 0.2) is 30.7 Å². The predicted octanol–water partition coefficient (Wildman–Crippen LogP) is 4.88. The molecule has 1 atom stereocenters. The van der Waals surface area contributed by atoms with Crippen LogP contribution in [0.1, 0.15) is 38.4 Å². The zero-order valence-corrected chi connectivity index (χ0v) is 19.1. The number of benzene rings is 1. The van der Waals surface area contributed by atoms with E-state index in [2.05, 4.69) is 20.4 Å². The third-order valence-corrected chi connectivity index (χ3v) is 5.70. The molecule has 0 aliphatic carbocycles. The topological polar surface area (TPSA) is 73.0 Å². The van der Waals surface area contributed by atoms with Gasteiger partial charge in [-0.2, -0.15) is 18.2 Å². The summed E-state index contributed by atoms with van der Waals surface area (Å²) in [7, 11) is 1.59. The van der Waals surface area contributed by atoms with Crippen molar-refractivity contribution in [2.24, 2.45) is 5.92 Å². The number of ether oxygens (including phenoxy) is 1. The number of alkyl halides is 3. The predicted molar refractivity (Wildman–Crippen MR) is 120 cm³/mol. The summed E-state index contributed by atoms with van der Waals surface area (Å²) >= 11 is 0. The van der Waals surface area contributed by atoms with Gasteiger partial charge in [-0.1, -0.05) is 0 Å². The number of aryl methyl sites for hydroxylation is 1. The quantitative estimate of drug-likeness (QED) is 0.562. The number of halogens is 3. The first-order valence-electron chi connectivity index (χ1n) is 10.9. The first kappa shape index (κ1) is 22.9. The Kier molecular flexibility index (Phi) is 6.22. The molecular weight excluding hydrogens is 435 g/mol. The van der Waals surface area contributed by atoms with Crippen molar-refractivity contribution in [2.75, 3.05) is 30.4 Å². The number of aromatic nitrogens is 5. The van der Waals surface area contributed by atoms with Gasteiger partial charge in [-0.05, 0) is 45.7 Å². The number of anilines is 3. The van der Waals surface area contributed by atoms with Crippen LogP contribution >= 0.6 is 0 Å². The minimum absolute atomic E-state index is 0.0595. The van der Waals surface area contributed by atoms with Crippen molar-refractivity contribution in [1.82, 2.24) is 24.3 Å². The van der Waals surface area contributed by atoms with E-state index in [1.807, 2.05) is 49.7 Å². The zero-order chi connectivity index (χ0) is 23.8. The highest BCUT2D eigenvalue weighted by Gasteiger charge is 2.42. The molecule has 4 rings (SSSR count). The van der Waals surface area contributed by atoms with E-state index in [0.29, 0.717) is 36.3 Å². The fraction of sp³-hybridized carbons (Fsp3) is 0.500. The number of piperidine rings is 1. The van der Waals surface area contributed by atoms with Gasteiger partial charge in [0.1, 0.15) is 5.75 Å². The molecule has 178 valence electrons. The maximum atomic E-state index is 13.3. The summed E-state index contributed by atoms with van der Waals surface area (Å²) < 4.78 is 49.0. The van der Waals surface area contributed by atoms with Crippen LogP contribution in [0.4, 0.5) is 30.8 Å². The second-order valence-electron chi connectivity index (χ2n) is 8.53. The van der Waals surface area contributed by atoms with Crippen LogP contribution in [0.25, 0.3) is 5.69 Å². The van der Waals surface area contributed by atoms with E-state index in [1.165, 1.54) is 0 Å². The Bertz CT molecular complexity index is 1110. The number of nitrogens with one attached hydrogen (secondary N) is 1. The average Bonchev–Trinajstić information content (AvgIpc) is 3.39. The number of imidazole rings is 1. The molecule has 2 aromatic heterocycles. The van der Waals surface area contributed by atoms with E-state index < -0.39 is 12.1 Å². The van der Waals surface area contributed by atoms with Crippen LogP contribution in [-0.2, 0) is 0 Å². The fourth-order valence-corrected chi connectivity index (χ4v) is 4.01. The highest BCUT2D eigenvalue weighted by molar-refractivity contribution is 5.62. The Hall–Kier alpha value is -3.24. The van der Waals surface area contributed by atoms with Gasteiger partial charge in [0, 0.05) is 31.0 Å². The molecule has 11 heteroatoms. The molecule has 0 amide bonds. The molecule has 0 saturated carbocycles. The molecule has 1 saturated heterocycles. The Morgan fingerprint density at radius 2 is 2.03 bits per heavy atom. The van der Waals surface area contributed by atoms with E-state index in [1.54, 1.807) is 23.0 Å². The molecule has 1 aromatic carbocycles. The Balaban J connectivity index is 1.59. The lowest BCUT2D eigenvalue weighted by atomic mass is 9.98. The van der Waals surface area contributed by atoms with Crippen molar-refractivity contribution in [3.8, 4) is 11.4 Å². The molecule has 1 aliphatic rings. The monoisotopic (exact) mass is 463 g/mol. The van der Waals surface area contributed by atoms with Gasteiger partial charge in [0.15, 0.2) is 0 Å². The minimum Gasteiger partial charge on any atom is -0.494 e. The molecule has 0 radical (unpaired) electrons. The molecule has 0 spiro atoms. The third kappa shape index (κ3) is 4.91. The van der Waals surface area contributed by atoms with E-state index >= 15 is 0 Å². The van der Waals surface area contributed by atoms with Crippen molar-refractivity contribution in [3.63, 3.8) is 0 Å². The third-order valence-electron chi connectivity index (χ3n) is 5.70. The Morgan fingerprint density at radius 3 is 2.67 bits per heavy atom. The number of hydrogen-bond acceptors (Lipinski definition) is 6. The van der Waals surface area contributed by atoms with E-state index in [0.717, 1.165) is 11.4 Å². The minimum atomic E-state index is -4.21. The Labute approximate surface area is 190 Å². The highest BCUT2D eigenvalue weighted by atomic mass is 19.4. The fourth-order valence-electron chi connectivity index (χ4n) is 4.01. The summed E-state index contributed by atoms with van der Waals surface area (Å²) in [6.07, 6.45) is 0.00345. The van der Waals surface area contributed by atoms with Gasteiger partial charge in [-0.25, -0.2) is 9.67 Å². The summed E-state index contributed by atoms with van der Waals surface area (Å²) in [5.41, 5.74) is 2.42. The SMILES string of the molecule is COc1cc(Nc2nc(N3CCCC(C(F)(F)F)C3)n(C(C)C)n2)ccc1-n1cnc(C)c1. The molecule has 1 unspecified atom stereocenters. The van der Waals surface area contributed by atoms with Gasteiger partial charge in [-0.3, -0.25) is 0 Å². The molecule has 3 heterocycles. The van der Waals surface area contributed by atoms with Crippen LogP contribution < -0.4 is 15.0 Å². The van der Waals surface area contributed by atoms with Gasteiger partial charge >= 0.3 is 6.18 Å². The average molecular weight is 464 g/mol. The Morgan fingerprint density at radius 1 is 1.24 bits per heavy atom. The molecule has 33 heavy (non-hydrogen) atoms. The van der Waals surface area contributed by atoms with Gasteiger partial charge in [0.25, 0.3) is 0 Å². The van der Waals surface area contributed by atoms with Crippen LogP contribution in [0, 0.1) is 12.8 Å². The smallest absolute Gasteiger partial charge is 0.393 e. The van der Waals surface area contributed by atoms with Crippen molar-refractivity contribution < 1.29 is 17.9 Å².